The Morgan fingerprint density at radius 2 is 1.96 bits per heavy atom. The maximum Gasteiger partial charge on any atom is 0.230 e. The molecular weight excluding hydrogens is 320 g/mol. The summed E-state index contributed by atoms with van der Waals surface area (Å²) in [5.41, 5.74) is 4.02. The van der Waals surface area contributed by atoms with Crippen LogP contribution in [0.15, 0.2) is 34.9 Å². The number of benzene rings is 2. The van der Waals surface area contributed by atoms with E-state index in [2.05, 4.69) is 10.5 Å². The van der Waals surface area contributed by atoms with Crippen molar-refractivity contribution in [3.8, 4) is 11.5 Å². The maximum absolute atomic E-state index is 12.4. The predicted molar refractivity (Wildman–Crippen MR) is 95.4 cm³/mol. The molecule has 25 heavy (non-hydrogen) atoms. The molecule has 0 bridgehead atoms. The van der Waals surface area contributed by atoms with E-state index in [1.54, 1.807) is 32.4 Å². The third-order valence-corrected chi connectivity index (χ3v) is 3.99. The van der Waals surface area contributed by atoms with Gasteiger partial charge in [-0.05, 0) is 43.2 Å². The van der Waals surface area contributed by atoms with Crippen molar-refractivity contribution in [1.29, 1.82) is 0 Å². The van der Waals surface area contributed by atoms with Gasteiger partial charge in [0.2, 0.25) is 5.91 Å². The molecule has 2 aromatic carbocycles. The van der Waals surface area contributed by atoms with Crippen LogP contribution in [0, 0.1) is 13.8 Å². The molecule has 3 rings (SSSR count). The summed E-state index contributed by atoms with van der Waals surface area (Å²) in [4.78, 5) is 12.4. The second-order valence-electron chi connectivity index (χ2n) is 5.88. The smallest absolute Gasteiger partial charge is 0.230 e. The van der Waals surface area contributed by atoms with Gasteiger partial charge in [0.25, 0.3) is 0 Å². The zero-order chi connectivity index (χ0) is 18.0. The van der Waals surface area contributed by atoms with Gasteiger partial charge in [-0.25, -0.2) is 0 Å². The molecule has 0 fully saturated rings. The van der Waals surface area contributed by atoms with Gasteiger partial charge >= 0.3 is 0 Å². The van der Waals surface area contributed by atoms with Crippen LogP contribution in [0.25, 0.3) is 11.0 Å². The van der Waals surface area contributed by atoms with Gasteiger partial charge in [0.05, 0.1) is 26.3 Å². The molecule has 0 aliphatic heterocycles. The van der Waals surface area contributed by atoms with Gasteiger partial charge in [-0.1, -0.05) is 11.2 Å². The lowest BCUT2D eigenvalue weighted by Gasteiger charge is -2.11. The SMILES string of the molecule is COc1ccc(NC(=O)Cc2noc3c(C)cc(C)cc23)c(OC)c1. The van der Waals surface area contributed by atoms with Gasteiger partial charge in [0.15, 0.2) is 5.58 Å². The van der Waals surface area contributed by atoms with Crippen LogP contribution in [0.4, 0.5) is 5.69 Å². The van der Waals surface area contributed by atoms with E-state index in [0.717, 1.165) is 22.1 Å². The fourth-order valence-corrected chi connectivity index (χ4v) is 2.82. The number of hydrogen-bond donors (Lipinski definition) is 1. The van der Waals surface area contributed by atoms with Crippen LogP contribution >= 0.6 is 0 Å². The number of carbonyl (C=O) groups is 1. The molecule has 0 saturated carbocycles. The van der Waals surface area contributed by atoms with Gasteiger partial charge in [-0.3, -0.25) is 4.79 Å². The molecule has 1 N–H and O–H groups in total. The molecule has 0 spiro atoms. The number of fused-ring (bicyclic) bond motifs is 1. The Labute approximate surface area is 145 Å². The molecule has 0 atom stereocenters. The Bertz CT molecular complexity index is 931. The Morgan fingerprint density at radius 1 is 1.16 bits per heavy atom. The van der Waals surface area contributed by atoms with E-state index in [0.29, 0.717) is 22.9 Å². The molecule has 0 aliphatic rings. The van der Waals surface area contributed by atoms with Gasteiger partial charge in [0, 0.05) is 11.5 Å². The van der Waals surface area contributed by atoms with Crippen molar-refractivity contribution >= 4 is 22.6 Å². The highest BCUT2D eigenvalue weighted by Gasteiger charge is 2.16. The van der Waals surface area contributed by atoms with Crippen LogP contribution in [0.1, 0.15) is 16.8 Å². The number of amides is 1. The Kier molecular flexibility index (Phi) is 4.61. The van der Waals surface area contributed by atoms with E-state index in [1.165, 1.54) is 0 Å². The Balaban J connectivity index is 1.82. The van der Waals surface area contributed by atoms with Crippen LogP contribution in [0.5, 0.6) is 11.5 Å². The minimum Gasteiger partial charge on any atom is -0.497 e. The number of methoxy groups -OCH3 is 2. The number of nitrogens with zero attached hydrogens (tertiary/aromatic N) is 1. The molecule has 3 aromatic rings. The Morgan fingerprint density at radius 3 is 2.68 bits per heavy atom. The molecule has 0 aliphatic carbocycles. The fraction of sp³-hybridized carbons (Fsp3) is 0.263. The summed E-state index contributed by atoms with van der Waals surface area (Å²) in [6.07, 6.45) is 0.116. The summed E-state index contributed by atoms with van der Waals surface area (Å²) < 4.78 is 15.8. The first-order valence-electron chi connectivity index (χ1n) is 7.89. The van der Waals surface area contributed by atoms with Crippen LogP contribution in [0.3, 0.4) is 0 Å². The monoisotopic (exact) mass is 340 g/mol. The van der Waals surface area contributed by atoms with E-state index in [4.69, 9.17) is 14.0 Å². The fourth-order valence-electron chi connectivity index (χ4n) is 2.82. The van der Waals surface area contributed by atoms with Crippen molar-refractivity contribution in [3.05, 3.63) is 47.2 Å². The summed E-state index contributed by atoms with van der Waals surface area (Å²) in [7, 11) is 3.12. The molecule has 130 valence electrons. The quantitative estimate of drug-likeness (QED) is 0.767. The lowest BCUT2D eigenvalue weighted by molar-refractivity contribution is -0.115. The van der Waals surface area contributed by atoms with Crippen LogP contribution < -0.4 is 14.8 Å². The summed E-state index contributed by atoms with van der Waals surface area (Å²) in [5, 5.41) is 7.78. The zero-order valence-electron chi connectivity index (χ0n) is 14.7. The first-order valence-corrected chi connectivity index (χ1v) is 7.89. The highest BCUT2D eigenvalue weighted by atomic mass is 16.5. The van der Waals surface area contributed by atoms with Crippen molar-refractivity contribution in [3.63, 3.8) is 0 Å². The van der Waals surface area contributed by atoms with Crippen molar-refractivity contribution in [2.24, 2.45) is 0 Å². The molecule has 1 heterocycles. The molecule has 6 nitrogen and oxygen atoms in total. The van der Waals surface area contributed by atoms with Gasteiger partial charge < -0.3 is 19.3 Å². The minimum atomic E-state index is -0.196. The molecule has 1 amide bonds. The maximum atomic E-state index is 12.4. The largest absolute Gasteiger partial charge is 0.497 e. The van der Waals surface area contributed by atoms with E-state index in [9.17, 15) is 4.79 Å². The highest BCUT2D eigenvalue weighted by molar-refractivity contribution is 5.96. The van der Waals surface area contributed by atoms with E-state index in [1.807, 2.05) is 26.0 Å². The topological polar surface area (TPSA) is 73.6 Å². The van der Waals surface area contributed by atoms with Gasteiger partial charge in [0.1, 0.15) is 17.2 Å². The number of ether oxygens (including phenoxy) is 2. The van der Waals surface area contributed by atoms with Crippen molar-refractivity contribution < 1.29 is 18.8 Å². The molecule has 0 radical (unpaired) electrons. The van der Waals surface area contributed by atoms with E-state index < -0.39 is 0 Å². The van der Waals surface area contributed by atoms with Crippen molar-refractivity contribution in [2.45, 2.75) is 20.3 Å². The zero-order valence-corrected chi connectivity index (χ0v) is 14.7. The number of hydrogen-bond acceptors (Lipinski definition) is 5. The molecule has 6 heteroatoms. The molecule has 0 saturated heterocycles. The summed E-state index contributed by atoms with van der Waals surface area (Å²) in [6, 6.07) is 9.23. The molecule has 1 aromatic heterocycles. The standard InChI is InChI=1S/C19H20N2O4/c1-11-7-12(2)19-14(8-11)16(21-25-19)10-18(22)20-15-6-5-13(23-3)9-17(15)24-4/h5-9H,10H2,1-4H3,(H,20,22). The van der Waals surface area contributed by atoms with Crippen molar-refractivity contribution in [2.75, 3.05) is 19.5 Å². The third kappa shape index (κ3) is 3.42. The average Bonchev–Trinajstić information content (AvgIpc) is 2.98. The van der Waals surface area contributed by atoms with Gasteiger partial charge in [-0.15, -0.1) is 0 Å². The van der Waals surface area contributed by atoms with Crippen molar-refractivity contribution in [1.82, 2.24) is 5.16 Å². The predicted octanol–water partition coefficient (Wildman–Crippen LogP) is 3.64. The minimum absolute atomic E-state index is 0.116. The highest BCUT2D eigenvalue weighted by Crippen LogP contribution is 2.29. The number of anilines is 1. The van der Waals surface area contributed by atoms with Crippen LogP contribution in [-0.2, 0) is 11.2 Å². The second kappa shape index (κ2) is 6.84. The first kappa shape index (κ1) is 16.8. The number of nitrogens with one attached hydrogen (secondary N) is 1. The average molecular weight is 340 g/mol. The number of aromatic nitrogens is 1. The first-order chi connectivity index (χ1) is 12.0. The summed E-state index contributed by atoms with van der Waals surface area (Å²) in [6.45, 7) is 3.97. The second-order valence-corrected chi connectivity index (χ2v) is 5.88. The number of rotatable bonds is 5. The van der Waals surface area contributed by atoms with Gasteiger partial charge in [-0.2, -0.15) is 0 Å². The Hall–Kier alpha value is -3.02. The number of aryl methyl sites for hydroxylation is 2. The molecular formula is C19H20N2O4. The third-order valence-electron chi connectivity index (χ3n) is 3.99. The van der Waals surface area contributed by atoms with Crippen LogP contribution in [0.2, 0.25) is 0 Å². The molecule has 0 unspecified atom stereocenters. The number of carbonyl (C=O) groups excluding carboxylic acids is 1. The normalized spacial score (nSPS) is 10.7. The van der Waals surface area contributed by atoms with E-state index in [-0.39, 0.29) is 12.3 Å². The summed E-state index contributed by atoms with van der Waals surface area (Å²) >= 11 is 0. The lowest BCUT2D eigenvalue weighted by Crippen LogP contribution is -2.15. The summed E-state index contributed by atoms with van der Waals surface area (Å²) in [5.74, 6) is 0.991. The van der Waals surface area contributed by atoms with E-state index >= 15 is 0 Å². The van der Waals surface area contributed by atoms with Crippen LogP contribution in [-0.4, -0.2) is 25.3 Å². The lowest BCUT2D eigenvalue weighted by atomic mass is 10.1.